The molecule has 1 aromatic rings. The van der Waals surface area contributed by atoms with Gasteiger partial charge in [-0.1, -0.05) is 13.0 Å². The van der Waals surface area contributed by atoms with Crippen LogP contribution in [0.15, 0.2) is 18.2 Å². The molecule has 0 spiro atoms. The van der Waals surface area contributed by atoms with Crippen molar-refractivity contribution in [3.05, 3.63) is 34.9 Å². The Morgan fingerprint density at radius 2 is 2.38 bits per heavy atom. The molecule has 0 radical (unpaired) electrons. The molecule has 3 rings (SSSR count). The van der Waals surface area contributed by atoms with Crippen LogP contribution in [-0.2, 0) is 11.2 Å². The number of nitrogens with one attached hydrogen (secondary N) is 1. The van der Waals surface area contributed by atoms with Crippen LogP contribution in [0, 0.1) is 0 Å². The maximum Gasteiger partial charge on any atom is 0.248 e. The van der Waals surface area contributed by atoms with Gasteiger partial charge in [0.1, 0.15) is 0 Å². The molecule has 1 fully saturated rings. The second kappa shape index (κ2) is 6.13. The molecular weight excluding hydrogens is 266 g/mol. The fourth-order valence-corrected chi connectivity index (χ4v) is 3.42. The highest BCUT2D eigenvalue weighted by Crippen LogP contribution is 2.33. The van der Waals surface area contributed by atoms with E-state index in [1.165, 1.54) is 11.1 Å². The van der Waals surface area contributed by atoms with Gasteiger partial charge in [-0.3, -0.25) is 9.69 Å². The number of likely N-dealkylation sites (N-methyl/N-ethyl adjacent to an activating group) is 1. The quantitative estimate of drug-likeness (QED) is 0.859. The lowest BCUT2D eigenvalue weighted by molar-refractivity contribution is -0.0306. The molecule has 1 amide bonds. The summed E-state index contributed by atoms with van der Waals surface area (Å²) in [7, 11) is 0. The van der Waals surface area contributed by atoms with E-state index in [-0.39, 0.29) is 12.0 Å². The van der Waals surface area contributed by atoms with Gasteiger partial charge in [-0.2, -0.15) is 0 Å². The van der Waals surface area contributed by atoms with Crippen LogP contribution >= 0.6 is 0 Å². The van der Waals surface area contributed by atoms with Crippen LogP contribution in [0.5, 0.6) is 0 Å². The summed E-state index contributed by atoms with van der Waals surface area (Å²) >= 11 is 0. The Labute approximate surface area is 125 Å². The highest BCUT2D eigenvalue weighted by atomic mass is 16.5. The zero-order valence-corrected chi connectivity index (χ0v) is 12.5. The second-order valence-corrected chi connectivity index (χ2v) is 5.72. The van der Waals surface area contributed by atoms with Crippen LogP contribution in [0.3, 0.4) is 0 Å². The number of carbonyl (C=O) groups is 1. The molecule has 114 valence electrons. The van der Waals surface area contributed by atoms with Gasteiger partial charge in [0, 0.05) is 25.2 Å². The summed E-state index contributed by atoms with van der Waals surface area (Å²) in [5, 5.41) is 3.46. The van der Waals surface area contributed by atoms with Gasteiger partial charge in [0.15, 0.2) is 0 Å². The van der Waals surface area contributed by atoms with Gasteiger partial charge in [-0.25, -0.2) is 0 Å². The summed E-state index contributed by atoms with van der Waals surface area (Å²) in [5.74, 6) is -0.365. The number of nitrogens with two attached hydrogens (primary N) is 1. The van der Waals surface area contributed by atoms with Crippen molar-refractivity contribution in [3.63, 3.8) is 0 Å². The first-order chi connectivity index (χ1) is 10.2. The molecule has 0 aromatic heterocycles. The number of ether oxygens (including phenoxy) is 1. The van der Waals surface area contributed by atoms with Crippen molar-refractivity contribution in [1.29, 1.82) is 0 Å². The van der Waals surface area contributed by atoms with Gasteiger partial charge < -0.3 is 15.8 Å². The maximum atomic E-state index is 11.3. The Morgan fingerprint density at radius 3 is 3.14 bits per heavy atom. The Morgan fingerprint density at radius 1 is 1.52 bits per heavy atom. The lowest BCUT2D eigenvalue weighted by atomic mass is 9.90. The first kappa shape index (κ1) is 14.5. The Hall–Kier alpha value is -1.43. The summed E-state index contributed by atoms with van der Waals surface area (Å²) in [4.78, 5) is 13.8. The van der Waals surface area contributed by atoms with Crippen LogP contribution in [0.4, 0.5) is 0 Å². The monoisotopic (exact) mass is 289 g/mol. The SMILES string of the molecule is CCN1CCNCC1C1OCCc2cc(C(N)=O)ccc21. The summed E-state index contributed by atoms with van der Waals surface area (Å²) < 4.78 is 6.08. The zero-order valence-electron chi connectivity index (χ0n) is 12.5. The lowest BCUT2D eigenvalue weighted by Crippen LogP contribution is -2.54. The van der Waals surface area contributed by atoms with Crippen molar-refractivity contribution >= 4 is 5.91 Å². The summed E-state index contributed by atoms with van der Waals surface area (Å²) in [6.45, 7) is 6.95. The van der Waals surface area contributed by atoms with E-state index >= 15 is 0 Å². The van der Waals surface area contributed by atoms with Gasteiger partial charge in [-0.15, -0.1) is 0 Å². The van der Waals surface area contributed by atoms with Crippen molar-refractivity contribution in [1.82, 2.24) is 10.2 Å². The predicted molar refractivity (Wildman–Crippen MR) is 81.3 cm³/mol. The predicted octanol–water partition coefficient (Wildman–Crippen LogP) is 0.693. The van der Waals surface area contributed by atoms with Crippen LogP contribution in [-0.4, -0.2) is 49.6 Å². The third-order valence-corrected chi connectivity index (χ3v) is 4.56. The number of rotatable bonds is 3. The van der Waals surface area contributed by atoms with Gasteiger partial charge >= 0.3 is 0 Å². The second-order valence-electron chi connectivity index (χ2n) is 5.72. The Bertz CT molecular complexity index is 532. The van der Waals surface area contributed by atoms with E-state index in [4.69, 9.17) is 10.5 Å². The fraction of sp³-hybridized carbons (Fsp3) is 0.562. The number of nitrogens with zero attached hydrogens (tertiary/aromatic N) is 1. The van der Waals surface area contributed by atoms with Crippen molar-refractivity contribution in [3.8, 4) is 0 Å². The van der Waals surface area contributed by atoms with Gasteiger partial charge in [-0.05, 0) is 36.2 Å². The minimum Gasteiger partial charge on any atom is -0.371 e. The highest BCUT2D eigenvalue weighted by Gasteiger charge is 2.34. The molecular formula is C16H23N3O2. The molecule has 0 aliphatic carbocycles. The molecule has 2 heterocycles. The van der Waals surface area contributed by atoms with Gasteiger partial charge in [0.2, 0.25) is 5.91 Å². The van der Waals surface area contributed by atoms with E-state index in [1.54, 1.807) is 0 Å². The number of hydrogen-bond donors (Lipinski definition) is 2. The molecule has 3 N–H and O–H groups in total. The molecule has 2 aliphatic heterocycles. The van der Waals surface area contributed by atoms with Gasteiger partial charge in [0.05, 0.1) is 18.8 Å². The summed E-state index contributed by atoms with van der Waals surface area (Å²) in [6.07, 6.45) is 0.919. The molecule has 0 saturated carbocycles. The first-order valence-electron chi connectivity index (χ1n) is 7.69. The number of fused-ring (bicyclic) bond motifs is 1. The summed E-state index contributed by atoms with van der Waals surface area (Å²) in [5.41, 5.74) is 8.37. The number of piperazine rings is 1. The molecule has 2 atom stereocenters. The van der Waals surface area contributed by atoms with Crippen molar-refractivity contribution in [2.24, 2.45) is 5.73 Å². The molecule has 2 aliphatic rings. The average molecular weight is 289 g/mol. The normalized spacial score (nSPS) is 26.3. The highest BCUT2D eigenvalue weighted by molar-refractivity contribution is 5.93. The maximum absolute atomic E-state index is 11.3. The van der Waals surface area contributed by atoms with E-state index in [2.05, 4.69) is 17.1 Å². The molecule has 5 nitrogen and oxygen atoms in total. The molecule has 1 aromatic carbocycles. The van der Waals surface area contributed by atoms with E-state index in [9.17, 15) is 4.79 Å². The minimum atomic E-state index is -0.365. The summed E-state index contributed by atoms with van der Waals surface area (Å²) in [6, 6.07) is 6.11. The van der Waals surface area contributed by atoms with Crippen LogP contribution in [0.2, 0.25) is 0 Å². The van der Waals surface area contributed by atoms with E-state index in [0.717, 1.165) is 32.6 Å². The third kappa shape index (κ3) is 2.81. The smallest absolute Gasteiger partial charge is 0.248 e. The minimum absolute atomic E-state index is 0.0726. The number of carbonyl (C=O) groups excluding carboxylic acids is 1. The Balaban J connectivity index is 1.91. The van der Waals surface area contributed by atoms with Crippen molar-refractivity contribution in [2.75, 3.05) is 32.8 Å². The first-order valence-corrected chi connectivity index (χ1v) is 7.69. The van der Waals surface area contributed by atoms with Crippen molar-refractivity contribution < 1.29 is 9.53 Å². The number of primary amides is 1. The van der Waals surface area contributed by atoms with Crippen LogP contribution in [0.25, 0.3) is 0 Å². The number of amides is 1. The molecule has 1 saturated heterocycles. The average Bonchev–Trinajstić information content (AvgIpc) is 2.53. The standard InChI is InChI=1S/C16H23N3O2/c1-2-19-7-6-18-10-14(19)15-13-4-3-12(16(17)20)9-11(13)5-8-21-15/h3-4,9,14-15,18H,2,5-8,10H2,1H3,(H2,17,20). The van der Waals surface area contributed by atoms with Gasteiger partial charge in [0.25, 0.3) is 0 Å². The van der Waals surface area contributed by atoms with E-state index < -0.39 is 0 Å². The fourth-order valence-electron chi connectivity index (χ4n) is 3.42. The van der Waals surface area contributed by atoms with Crippen molar-refractivity contribution in [2.45, 2.75) is 25.5 Å². The topological polar surface area (TPSA) is 67.6 Å². The number of hydrogen-bond acceptors (Lipinski definition) is 4. The lowest BCUT2D eigenvalue weighted by Gasteiger charge is -2.42. The molecule has 2 unspecified atom stereocenters. The van der Waals surface area contributed by atoms with Crippen LogP contribution < -0.4 is 11.1 Å². The zero-order chi connectivity index (χ0) is 14.8. The van der Waals surface area contributed by atoms with E-state index in [0.29, 0.717) is 18.2 Å². The third-order valence-electron chi connectivity index (χ3n) is 4.56. The molecule has 21 heavy (non-hydrogen) atoms. The largest absolute Gasteiger partial charge is 0.371 e. The molecule has 5 heteroatoms. The Kier molecular flexibility index (Phi) is 4.24. The molecule has 0 bridgehead atoms. The van der Waals surface area contributed by atoms with E-state index in [1.807, 2.05) is 18.2 Å². The number of benzene rings is 1. The van der Waals surface area contributed by atoms with Crippen LogP contribution in [0.1, 0.15) is 34.5 Å².